The monoisotopic (exact) mass is 363 g/mol. The maximum atomic E-state index is 3.55. The summed E-state index contributed by atoms with van der Waals surface area (Å²) in [6, 6.07) is 2.92. The van der Waals surface area contributed by atoms with E-state index in [1.807, 2.05) is 11.3 Å². The topological polar surface area (TPSA) is 12.0 Å². The van der Waals surface area contributed by atoms with Gasteiger partial charge in [-0.05, 0) is 71.3 Å². The summed E-state index contributed by atoms with van der Waals surface area (Å²) in [5, 5.41) is 5.88. The van der Waals surface area contributed by atoms with Gasteiger partial charge in [-0.1, -0.05) is 26.2 Å². The molecule has 1 aliphatic rings. The summed E-state index contributed by atoms with van der Waals surface area (Å²) in [5.41, 5.74) is 1.50. The average molecular weight is 363 g/mol. The average Bonchev–Trinajstić information content (AvgIpc) is 2.77. The molecule has 1 heterocycles. The molecule has 1 aromatic heterocycles. The van der Waals surface area contributed by atoms with E-state index in [1.165, 1.54) is 40.6 Å². The first-order valence-corrected chi connectivity index (χ1v) is 8.61. The summed E-state index contributed by atoms with van der Waals surface area (Å²) in [5.74, 6) is 1.80. The SMILES string of the molecule is CCC1CCCC(C(NC)c2csc(I)c2)C1. The third kappa shape index (κ3) is 3.44. The van der Waals surface area contributed by atoms with E-state index in [4.69, 9.17) is 0 Å². The van der Waals surface area contributed by atoms with Crippen molar-refractivity contribution in [2.75, 3.05) is 7.05 Å². The Bertz CT molecular complexity index is 350. The predicted octanol–water partition coefficient (Wildman–Crippen LogP) is 4.83. The molecular weight excluding hydrogens is 341 g/mol. The molecule has 2 rings (SSSR count). The van der Waals surface area contributed by atoms with Gasteiger partial charge in [0.15, 0.2) is 0 Å². The van der Waals surface area contributed by atoms with E-state index in [0.717, 1.165) is 11.8 Å². The summed E-state index contributed by atoms with van der Waals surface area (Å²) < 4.78 is 1.40. The normalized spacial score (nSPS) is 27.0. The van der Waals surface area contributed by atoms with Gasteiger partial charge in [0.2, 0.25) is 0 Å². The molecule has 3 unspecified atom stereocenters. The van der Waals surface area contributed by atoms with Crippen LogP contribution in [0.2, 0.25) is 0 Å². The van der Waals surface area contributed by atoms with Crippen molar-refractivity contribution in [1.29, 1.82) is 0 Å². The Morgan fingerprint density at radius 1 is 1.53 bits per heavy atom. The van der Waals surface area contributed by atoms with Gasteiger partial charge in [-0.15, -0.1) is 11.3 Å². The minimum Gasteiger partial charge on any atom is -0.313 e. The van der Waals surface area contributed by atoms with Crippen LogP contribution in [0.25, 0.3) is 0 Å². The smallest absolute Gasteiger partial charge is 0.0656 e. The number of nitrogens with one attached hydrogen (secondary N) is 1. The van der Waals surface area contributed by atoms with Crippen LogP contribution in [0.1, 0.15) is 50.6 Å². The zero-order valence-electron chi connectivity index (χ0n) is 10.7. The molecule has 1 saturated carbocycles. The van der Waals surface area contributed by atoms with Gasteiger partial charge in [0.1, 0.15) is 0 Å². The third-order valence-corrected chi connectivity index (χ3v) is 5.94. The molecule has 96 valence electrons. The van der Waals surface area contributed by atoms with Crippen molar-refractivity contribution in [1.82, 2.24) is 5.32 Å². The van der Waals surface area contributed by atoms with Gasteiger partial charge in [-0.2, -0.15) is 0 Å². The maximum Gasteiger partial charge on any atom is 0.0656 e. The van der Waals surface area contributed by atoms with Crippen LogP contribution in [0.15, 0.2) is 11.4 Å². The number of thiophene rings is 1. The van der Waals surface area contributed by atoms with Crippen molar-refractivity contribution in [2.45, 2.75) is 45.1 Å². The first-order valence-electron chi connectivity index (χ1n) is 6.65. The van der Waals surface area contributed by atoms with Crippen LogP contribution in [0.4, 0.5) is 0 Å². The zero-order valence-corrected chi connectivity index (χ0v) is 13.7. The second-order valence-corrected chi connectivity index (χ2v) is 7.96. The highest BCUT2D eigenvalue weighted by atomic mass is 127. The highest BCUT2D eigenvalue weighted by Gasteiger charge is 2.28. The number of halogens is 1. The molecule has 3 atom stereocenters. The first-order chi connectivity index (χ1) is 8.24. The number of hydrogen-bond donors (Lipinski definition) is 1. The molecule has 0 spiro atoms. The highest BCUT2D eigenvalue weighted by Crippen LogP contribution is 2.39. The Kier molecular flexibility index (Phi) is 5.30. The lowest BCUT2D eigenvalue weighted by Crippen LogP contribution is -2.29. The fraction of sp³-hybridized carbons (Fsp3) is 0.714. The number of rotatable bonds is 4. The molecule has 0 bridgehead atoms. The standard InChI is InChI=1S/C14H22INS/c1-3-10-5-4-6-11(7-10)14(16-2)12-8-13(15)17-9-12/h8-11,14,16H,3-7H2,1-2H3. The van der Waals surface area contributed by atoms with Crippen LogP contribution in [0, 0.1) is 14.7 Å². The second-order valence-electron chi connectivity index (χ2n) is 5.15. The minimum atomic E-state index is 0.573. The second kappa shape index (κ2) is 6.53. The fourth-order valence-electron chi connectivity index (χ4n) is 3.17. The Labute approximate surface area is 123 Å². The van der Waals surface area contributed by atoms with Crippen molar-refractivity contribution in [3.63, 3.8) is 0 Å². The van der Waals surface area contributed by atoms with Crippen LogP contribution >= 0.6 is 33.9 Å². The molecule has 1 aromatic rings. The van der Waals surface area contributed by atoms with Gasteiger partial charge >= 0.3 is 0 Å². The lowest BCUT2D eigenvalue weighted by atomic mass is 9.75. The van der Waals surface area contributed by atoms with Gasteiger partial charge in [0.05, 0.1) is 2.88 Å². The molecule has 1 aliphatic carbocycles. The number of hydrogen-bond acceptors (Lipinski definition) is 2. The van der Waals surface area contributed by atoms with Crippen molar-refractivity contribution in [2.24, 2.45) is 11.8 Å². The molecule has 3 heteroatoms. The van der Waals surface area contributed by atoms with E-state index in [0.29, 0.717) is 6.04 Å². The molecule has 0 aliphatic heterocycles. The van der Waals surface area contributed by atoms with Crippen LogP contribution in [-0.4, -0.2) is 7.05 Å². The van der Waals surface area contributed by atoms with Crippen molar-refractivity contribution in [3.8, 4) is 0 Å². The summed E-state index contributed by atoms with van der Waals surface area (Å²) in [6.45, 7) is 2.34. The van der Waals surface area contributed by atoms with Gasteiger partial charge in [-0.3, -0.25) is 0 Å². The summed E-state index contributed by atoms with van der Waals surface area (Å²) >= 11 is 4.29. The lowest BCUT2D eigenvalue weighted by molar-refractivity contribution is 0.215. The van der Waals surface area contributed by atoms with E-state index in [1.54, 1.807) is 0 Å². The zero-order chi connectivity index (χ0) is 12.3. The molecule has 1 nitrogen and oxygen atoms in total. The third-order valence-electron chi connectivity index (χ3n) is 4.13. The molecule has 1 N–H and O–H groups in total. The highest BCUT2D eigenvalue weighted by molar-refractivity contribution is 14.1. The fourth-order valence-corrected chi connectivity index (χ4v) is 4.58. The lowest BCUT2D eigenvalue weighted by Gasteiger charge is -2.34. The largest absolute Gasteiger partial charge is 0.313 e. The van der Waals surface area contributed by atoms with Crippen LogP contribution in [0.3, 0.4) is 0 Å². The Hall–Kier alpha value is 0.390. The summed E-state index contributed by atoms with van der Waals surface area (Å²) in [4.78, 5) is 0. The van der Waals surface area contributed by atoms with Crippen LogP contribution in [0.5, 0.6) is 0 Å². The molecule has 0 radical (unpaired) electrons. The van der Waals surface area contributed by atoms with E-state index in [9.17, 15) is 0 Å². The van der Waals surface area contributed by atoms with Crippen molar-refractivity contribution in [3.05, 3.63) is 19.9 Å². The van der Waals surface area contributed by atoms with E-state index >= 15 is 0 Å². The van der Waals surface area contributed by atoms with Gasteiger partial charge in [0, 0.05) is 6.04 Å². The summed E-state index contributed by atoms with van der Waals surface area (Å²) in [6.07, 6.45) is 7.03. The van der Waals surface area contributed by atoms with E-state index in [-0.39, 0.29) is 0 Å². The van der Waals surface area contributed by atoms with Crippen molar-refractivity contribution >= 4 is 33.9 Å². The molecule has 0 amide bonds. The van der Waals surface area contributed by atoms with Crippen LogP contribution < -0.4 is 5.32 Å². The molecule has 0 saturated heterocycles. The van der Waals surface area contributed by atoms with Gasteiger partial charge in [0.25, 0.3) is 0 Å². The van der Waals surface area contributed by atoms with Gasteiger partial charge < -0.3 is 5.32 Å². The Morgan fingerprint density at radius 3 is 2.94 bits per heavy atom. The maximum absolute atomic E-state index is 3.55. The Morgan fingerprint density at radius 2 is 2.35 bits per heavy atom. The molecule has 0 aromatic carbocycles. The van der Waals surface area contributed by atoms with Gasteiger partial charge in [-0.25, -0.2) is 0 Å². The summed E-state index contributed by atoms with van der Waals surface area (Å²) in [7, 11) is 2.12. The quantitative estimate of drug-likeness (QED) is 0.756. The molecule has 1 fully saturated rings. The first kappa shape index (κ1) is 13.8. The van der Waals surface area contributed by atoms with E-state index in [2.05, 4.69) is 53.3 Å². The molecule has 17 heavy (non-hydrogen) atoms. The predicted molar refractivity (Wildman–Crippen MR) is 84.6 cm³/mol. The Balaban J connectivity index is 2.07. The van der Waals surface area contributed by atoms with Crippen LogP contribution in [-0.2, 0) is 0 Å². The molecular formula is C14H22INS. The van der Waals surface area contributed by atoms with Crippen molar-refractivity contribution < 1.29 is 0 Å². The van der Waals surface area contributed by atoms with E-state index < -0.39 is 0 Å². The minimum absolute atomic E-state index is 0.573.